The zero-order chi connectivity index (χ0) is 13.4. The maximum absolute atomic E-state index is 12.1. The van der Waals surface area contributed by atoms with Gasteiger partial charge in [-0.25, -0.2) is 0 Å². The highest BCUT2D eigenvalue weighted by molar-refractivity contribution is 5.81. The molecule has 1 amide bonds. The highest BCUT2D eigenvalue weighted by Gasteiger charge is 2.37. The van der Waals surface area contributed by atoms with E-state index in [9.17, 15) is 4.79 Å². The summed E-state index contributed by atoms with van der Waals surface area (Å²) < 4.78 is 0. The van der Waals surface area contributed by atoms with Gasteiger partial charge in [-0.1, -0.05) is 42.7 Å². The second kappa shape index (κ2) is 4.97. The lowest BCUT2D eigenvalue weighted by Crippen LogP contribution is -2.38. The van der Waals surface area contributed by atoms with Gasteiger partial charge < -0.3 is 4.90 Å². The van der Waals surface area contributed by atoms with Crippen LogP contribution in [0, 0.1) is 12.8 Å². The molecule has 0 spiro atoms. The molecule has 0 radical (unpaired) electrons. The number of nitrogens with one attached hydrogen (secondary N) is 1. The molecule has 3 nitrogen and oxygen atoms in total. The first kappa shape index (κ1) is 12.7. The maximum Gasteiger partial charge on any atom is 0.238 e. The lowest BCUT2D eigenvalue weighted by Gasteiger charge is -2.31. The molecule has 0 bridgehead atoms. The molecule has 2 fully saturated rings. The van der Waals surface area contributed by atoms with Crippen molar-refractivity contribution in [1.82, 2.24) is 10.2 Å². The van der Waals surface area contributed by atoms with Crippen LogP contribution in [-0.4, -0.2) is 23.4 Å². The van der Waals surface area contributed by atoms with Gasteiger partial charge in [0.15, 0.2) is 0 Å². The molecule has 19 heavy (non-hydrogen) atoms. The molecule has 1 aliphatic heterocycles. The minimum absolute atomic E-state index is 0.0573. The predicted molar refractivity (Wildman–Crippen MR) is 75.6 cm³/mol. The maximum atomic E-state index is 12.1. The monoisotopic (exact) mass is 258 g/mol. The minimum atomic E-state index is 0.0573. The molecule has 1 saturated heterocycles. The highest BCUT2D eigenvalue weighted by atomic mass is 16.2. The normalized spacial score (nSPS) is 24.8. The van der Waals surface area contributed by atoms with E-state index in [0.717, 1.165) is 12.3 Å². The Morgan fingerprint density at radius 1 is 1.32 bits per heavy atom. The van der Waals surface area contributed by atoms with E-state index in [-0.39, 0.29) is 12.1 Å². The Morgan fingerprint density at radius 2 is 2.00 bits per heavy atom. The summed E-state index contributed by atoms with van der Waals surface area (Å²) in [6.07, 6.45) is 3.89. The number of amides is 1. The number of hydrogen-bond donors (Lipinski definition) is 1. The van der Waals surface area contributed by atoms with Crippen molar-refractivity contribution < 1.29 is 4.79 Å². The molecule has 3 heteroatoms. The molecular weight excluding hydrogens is 236 g/mol. The van der Waals surface area contributed by atoms with Crippen molar-refractivity contribution in [3.05, 3.63) is 35.4 Å². The molecule has 102 valence electrons. The van der Waals surface area contributed by atoms with Gasteiger partial charge in [0.05, 0.1) is 6.54 Å². The van der Waals surface area contributed by atoms with E-state index in [1.807, 2.05) is 4.90 Å². The molecule has 1 N–H and O–H groups in total. The summed E-state index contributed by atoms with van der Waals surface area (Å²) in [5.74, 6) is 1.08. The predicted octanol–water partition coefficient (Wildman–Crippen LogP) is 2.61. The minimum Gasteiger partial charge on any atom is -0.319 e. The Bertz CT molecular complexity index is 464. The van der Waals surface area contributed by atoms with Gasteiger partial charge in [0.1, 0.15) is 6.17 Å². The molecule has 1 aromatic carbocycles. The van der Waals surface area contributed by atoms with Crippen LogP contribution in [0.15, 0.2) is 24.3 Å². The Labute approximate surface area is 115 Å². The summed E-state index contributed by atoms with van der Waals surface area (Å²) in [7, 11) is 0. The first-order chi connectivity index (χ1) is 9.15. The zero-order valence-corrected chi connectivity index (χ0v) is 11.7. The smallest absolute Gasteiger partial charge is 0.238 e. The van der Waals surface area contributed by atoms with Crippen LogP contribution in [0.5, 0.6) is 0 Å². The number of nitrogens with zero attached hydrogens (tertiary/aromatic N) is 1. The van der Waals surface area contributed by atoms with Crippen molar-refractivity contribution in [2.75, 3.05) is 6.54 Å². The molecule has 2 aliphatic rings. The van der Waals surface area contributed by atoms with Crippen LogP contribution >= 0.6 is 0 Å². The third-order valence-corrected chi connectivity index (χ3v) is 4.25. The van der Waals surface area contributed by atoms with Gasteiger partial charge in [-0.2, -0.15) is 0 Å². The van der Waals surface area contributed by atoms with Crippen LogP contribution in [0.25, 0.3) is 0 Å². The molecular formula is C16H22N2O. The molecule has 0 aromatic heterocycles. The van der Waals surface area contributed by atoms with Crippen LogP contribution in [-0.2, 0) is 4.79 Å². The number of rotatable bonds is 4. The van der Waals surface area contributed by atoms with Gasteiger partial charge in [0, 0.05) is 6.04 Å². The molecule has 3 rings (SSSR count). The summed E-state index contributed by atoms with van der Waals surface area (Å²) in [5.41, 5.74) is 2.45. The summed E-state index contributed by atoms with van der Waals surface area (Å²) in [4.78, 5) is 14.2. The largest absolute Gasteiger partial charge is 0.319 e. The number of hydrogen-bond acceptors (Lipinski definition) is 2. The van der Waals surface area contributed by atoms with Crippen molar-refractivity contribution in [3.8, 4) is 0 Å². The van der Waals surface area contributed by atoms with E-state index in [4.69, 9.17) is 0 Å². The van der Waals surface area contributed by atoms with E-state index in [1.54, 1.807) is 0 Å². The van der Waals surface area contributed by atoms with Gasteiger partial charge in [-0.05, 0) is 31.7 Å². The van der Waals surface area contributed by atoms with Gasteiger partial charge in [0.2, 0.25) is 5.91 Å². The van der Waals surface area contributed by atoms with E-state index >= 15 is 0 Å². The van der Waals surface area contributed by atoms with Gasteiger partial charge in [-0.15, -0.1) is 0 Å². The highest BCUT2D eigenvalue weighted by Crippen LogP contribution is 2.36. The van der Waals surface area contributed by atoms with E-state index < -0.39 is 0 Å². The zero-order valence-electron chi connectivity index (χ0n) is 11.7. The third-order valence-electron chi connectivity index (χ3n) is 4.25. The molecule has 1 aliphatic carbocycles. The Kier molecular flexibility index (Phi) is 3.31. The van der Waals surface area contributed by atoms with Crippen LogP contribution < -0.4 is 5.32 Å². The molecule has 2 atom stereocenters. The standard InChI is InChI=1S/C16H22N2O/c1-11-3-7-14(8-4-11)16-17-10-15(19)18(16)12(2)9-13-5-6-13/h3-4,7-8,12-13,16-17H,5-6,9-10H2,1-2H3. The van der Waals surface area contributed by atoms with Crippen LogP contribution in [0.2, 0.25) is 0 Å². The van der Waals surface area contributed by atoms with Crippen molar-refractivity contribution >= 4 is 5.91 Å². The average Bonchev–Trinajstić information content (AvgIpc) is 3.11. The van der Waals surface area contributed by atoms with Crippen molar-refractivity contribution in [1.29, 1.82) is 0 Å². The molecule has 1 heterocycles. The van der Waals surface area contributed by atoms with Crippen LogP contribution in [0.3, 0.4) is 0 Å². The van der Waals surface area contributed by atoms with Gasteiger partial charge in [-0.3, -0.25) is 10.1 Å². The van der Waals surface area contributed by atoms with Crippen molar-refractivity contribution in [3.63, 3.8) is 0 Å². The quantitative estimate of drug-likeness (QED) is 0.900. The summed E-state index contributed by atoms with van der Waals surface area (Å²) >= 11 is 0. The Hall–Kier alpha value is -1.35. The van der Waals surface area contributed by atoms with Crippen molar-refractivity contribution in [2.45, 2.75) is 45.3 Å². The van der Waals surface area contributed by atoms with Crippen LogP contribution in [0.4, 0.5) is 0 Å². The van der Waals surface area contributed by atoms with Gasteiger partial charge >= 0.3 is 0 Å². The fraction of sp³-hybridized carbons (Fsp3) is 0.562. The Morgan fingerprint density at radius 3 is 2.63 bits per heavy atom. The number of carbonyl (C=O) groups is 1. The van der Waals surface area contributed by atoms with E-state index in [1.165, 1.54) is 24.0 Å². The number of carbonyl (C=O) groups excluding carboxylic acids is 1. The number of benzene rings is 1. The summed E-state index contributed by atoms with van der Waals surface area (Å²) in [6.45, 7) is 4.74. The molecule has 1 aromatic rings. The second-order valence-corrected chi connectivity index (χ2v) is 6.02. The lowest BCUT2D eigenvalue weighted by atomic mass is 10.1. The fourth-order valence-corrected chi connectivity index (χ4v) is 2.99. The Balaban J connectivity index is 1.78. The molecule has 2 unspecified atom stereocenters. The van der Waals surface area contributed by atoms with Gasteiger partial charge in [0.25, 0.3) is 0 Å². The second-order valence-electron chi connectivity index (χ2n) is 6.02. The lowest BCUT2D eigenvalue weighted by molar-refractivity contribution is -0.130. The first-order valence-corrected chi connectivity index (χ1v) is 7.26. The average molecular weight is 258 g/mol. The van der Waals surface area contributed by atoms with Crippen molar-refractivity contribution in [2.24, 2.45) is 5.92 Å². The summed E-state index contributed by atoms with van der Waals surface area (Å²) in [5, 5.41) is 3.34. The third kappa shape index (κ3) is 2.66. The number of aryl methyl sites for hydroxylation is 1. The molecule has 1 saturated carbocycles. The van der Waals surface area contributed by atoms with Crippen LogP contribution in [0.1, 0.15) is 43.5 Å². The fourth-order valence-electron chi connectivity index (χ4n) is 2.99. The van der Waals surface area contributed by atoms with E-state index in [2.05, 4.69) is 43.4 Å². The summed E-state index contributed by atoms with van der Waals surface area (Å²) in [6, 6.07) is 8.82. The first-order valence-electron chi connectivity index (χ1n) is 7.26. The topological polar surface area (TPSA) is 32.3 Å². The SMILES string of the molecule is Cc1ccc(C2NCC(=O)N2C(C)CC2CC2)cc1. The van der Waals surface area contributed by atoms with E-state index in [0.29, 0.717) is 12.6 Å².